The molecule has 0 radical (unpaired) electrons. The predicted octanol–water partition coefficient (Wildman–Crippen LogP) is 5.91. The molecule has 0 spiro atoms. The molecule has 0 heterocycles. The summed E-state index contributed by atoms with van der Waals surface area (Å²) >= 11 is 0. The van der Waals surface area contributed by atoms with E-state index in [1.54, 1.807) is 11.1 Å². The van der Waals surface area contributed by atoms with Crippen LogP contribution in [0.3, 0.4) is 0 Å². The van der Waals surface area contributed by atoms with Crippen molar-refractivity contribution in [2.24, 2.45) is 23.2 Å². The third-order valence-corrected chi connectivity index (χ3v) is 10.3. The lowest BCUT2D eigenvalue weighted by molar-refractivity contribution is 0.401. The average molecular weight is 332 g/mol. The van der Waals surface area contributed by atoms with E-state index in [-0.39, 0.29) is 5.54 Å². The average Bonchev–Trinajstić information content (AvgIpc) is 2.75. The lowest BCUT2D eigenvalue weighted by Crippen LogP contribution is -2.58. The minimum absolute atomic E-state index is 0.228. The van der Waals surface area contributed by atoms with Crippen molar-refractivity contribution in [3.8, 4) is 0 Å². The zero-order chi connectivity index (χ0) is 17.2. The zero-order valence-corrected chi connectivity index (χ0v) is 17.6. The van der Waals surface area contributed by atoms with E-state index in [1.807, 2.05) is 0 Å². The fourth-order valence-electron chi connectivity index (χ4n) is 6.17. The molecule has 3 rings (SSSR count). The van der Waals surface area contributed by atoms with Gasteiger partial charge in [0, 0.05) is 5.54 Å². The van der Waals surface area contributed by atoms with E-state index in [1.165, 1.54) is 19.3 Å². The van der Waals surface area contributed by atoms with E-state index in [0.717, 1.165) is 23.3 Å². The molecular formula is C21H37NSi. The Balaban J connectivity index is 1.89. The molecule has 130 valence electrons. The molecule has 0 aromatic carbocycles. The molecular weight excluding hydrogens is 294 g/mol. The van der Waals surface area contributed by atoms with Gasteiger partial charge in [-0.15, -0.1) is 0 Å². The maximum atomic E-state index is 4.07. The first-order valence-electron chi connectivity index (χ1n) is 9.59. The van der Waals surface area contributed by atoms with Gasteiger partial charge >= 0.3 is 0 Å². The number of allylic oxidation sites excluding steroid dienone is 4. The van der Waals surface area contributed by atoms with E-state index >= 15 is 0 Å². The van der Waals surface area contributed by atoms with E-state index in [4.69, 9.17) is 0 Å². The molecule has 4 unspecified atom stereocenters. The molecule has 3 aliphatic rings. The SMILES string of the molecule is CC1CC2C=C3CC(C)(C)CC3=CC2C1[Si](C)(C)NC(C)(C)C. The Labute approximate surface area is 145 Å². The summed E-state index contributed by atoms with van der Waals surface area (Å²) in [6, 6.07) is 0. The van der Waals surface area contributed by atoms with Crippen LogP contribution in [0.15, 0.2) is 23.3 Å². The highest BCUT2D eigenvalue weighted by molar-refractivity contribution is 6.76. The second-order valence-electron chi connectivity index (χ2n) is 11.0. The normalized spacial score (nSPS) is 36.3. The minimum atomic E-state index is -1.48. The van der Waals surface area contributed by atoms with Gasteiger partial charge in [0.2, 0.25) is 0 Å². The Kier molecular flexibility index (Phi) is 4.05. The summed E-state index contributed by atoms with van der Waals surface area (Å²) in [6.45, 7) is 19.5. The van der Waals surface area contributed by atoms with Crippen LogP contribution in [-0.4, -0.2) is 13.8 Å². The van der Waals surface area contributed by atoms with Crippen LogP contribution in [0, 0.1) is 23.2 Å². The molecule has 0 bridgehead atoms. The van der Waals surface area contributed by atoms with Crippen LogP contribution < -0.4 is 4.98 Å². The van der Waals surface area contributed by atoms with Crippen molar-refractivity contribution in [2.75, 3.05) is 0 Å². The van der Waals surface area contributed by atoms with Gasteiger partial charge in [-0.1, -0.05) is 46.0 Å². The third-order valence-electron chi connectivity index (χ3n) is 6.26. The van der Waals surface area contributed by atoms with Crippen LogP contribution in [0.25, 0.3) is 0 Å². The maximum Gasteiger partial charge on any atom is 0.123 e. The molecule has 23 heavy (non-hydrogen) atoms. The van der Waals surface area contributed by atoms with Gasteiger partial charge in [0.25, 0.3) is 0 Å². The van der Waals surface area contributed by atoms with Crippen molar-refractivity contribution in [1.82, 2.24) is 4.98 Å². The fraction of sp³-hybridized carbons (Fsp3) is 0.810. The summed E-state index contributed by atoms with van der Waals surface area (Å²) in [4.78, 5) is 4.07. The zero-order valence-electron chi connectivity index (χ0n) is 16.6. The molecule has 0 aromatic heterocycles. The van der Waals surface area contributed by atoms with Crippen LogP contribution in [-0.2, 0) is 0 Å². The van der Waals surface area contributed by atoms with Crippen LogP contribution >= 0.6 is 0 Å². The smallest absolute Gasteiger partial charge is 0.123 e. The summed E-state index contributed by atoms with van der Waals surface area (Å²) < 4.78 is 0. The van der Waals surface area contributed by atoms with Gasteiger partial charge in [-0.05, 0) is 79.9 Å². The largest absolute Gasteiger partial charge is 0.332 e. The first kappa shape index (κ1) is 17.5. The van der Waals surface area contributed by atoms with E-state index in [0.29, 0.717) is 5.41 Å². The van der Waals surface area contributed by atoms with Crippen molar-refractivity contribution in [3.63, 3.8) is 0 Å². The summed E-state index contributed by atoms with van der Waals surface area (Å²) in [5, 5.41) is 0. The summed E-state index contributed by atoms with van der Waals surface area (Å²) in [6.07, 6.45) is 9.39. The Morgan fingerprint density at radius 1 is 1.09 bits per heavy atom. The topological polar surface area (TPSA) is 12.0 Å². The maximum absolute atomic E-state index is 4.07. The number of hydrogen-bond donors (Lipinski definition) is 1. The van der Waals surface area contributed by atoms with E-state index in [9.17, 15) is 0 Å². The van der Waals surface area contributed by atoms with Gasteiger partial charge in [0.1, 0.15) is 8.24 Å². The van der Waals surface area contributed by atoms with Crippen LogP contribution in [0.1, 0.15) is 60.8 Å². The number of hydrogen-bond acceptors (Lipinski definition) is 1. The third kappa shape index (κ3) is 3.39. The highest BCUT2D eigenvalue weighted by atomic mass is 28.3. The molecule has 0 aliphatic heterocycles. The lowest BCUT2D eigenvalue weighted by atomic mass is 9.85. The van der Waals surface area contributed by atoms with Gasteiger partial charge in [-0.25, -0.2) is 0 Å². The van der Waals surface area contributed by atoms with E-state index in [2.05, 4.69) is 71.8 Å². The van der Waals surface area contributed by atoms with Gasteiger partial charge in [-0.2, -0.15) is 0 Å². The summed E-state index contributed by atoms with van der Waals surface area (Å²) in [7, 11) is -1.48. The molecule has 2 fully saturated rings. The standard InChI is InChI=1S/C21H37NSi/c1-14-9-15-10-16-12-21(5,6)13-17(16)11-18(15)19(14)23(7,8)22-20(2,3)4/h10-11,14-15,18-19,22H,9,12-13H2,1-8H3. The highest BCUT2D eigenvalue weighted by Crippen LogP contribution is 2.57. The van der Waals surface area contributed by atoms with Crippen LogP contribution in [0.2, 0.25) is 18.6 Å². The molecule has 0 aromatic rings. The van der Waals surface area contributed by atoms with Crippen LogP contribution in [0.4, 0.5) is 0 Å². The van der Waals surface area contributed by atoms with Crippen molar-refractivity contribution in [2.45, 2.75) is 85.0 Å². The van der Waals surface area contributed by atoms with Gasteiger partial charge < -0.3 is 4.98 Å². The Morgan fingerprint density at radius 2 is 1.65 bits per heavy atom. The Hall–Kier alpha value is -0.343. The monoisotopic (exact) mass is 331 g/mol. The lowest BCUT2D eigenvalue weighted by Gasteiger charge is -2.42. The van der Waals surface area contributed by atoms with Gasteiger partial charge in [-0.3, -0.25) is 0 Å². The van der Waals surface area contributed by atoms with E-state index < -0.39 is 8.24 Å². The number of rotatable bonds is 2. The minimum Gasteiger partial charge on any atom is -0.332 e. The number of nitrogens with one attached hydrogen (secondary N) is 1. The molecule has 2 saturated carbocycles. The predicted molar refractivity (Wildman–Crippen MR) is 104 cm³/mol. The quantitative estimate of drug-likeness (QED) is 0.620. The van der Waals surface area contributed by atoms with Crippen molar-refractivity contribution >= 4 is 8.24 Å². The first-order valence-corrected chi connectivity index (χ1v) is 12.7. The second-order valence-corrected chi connectivity index (χ2v) is 15.3. The number of fused-ring (bicyclic) bond motifs is 2. The van der Waals surface area contributed by atoms with Crippen LogP contribution in [0.5, 0.6) is 0 Å². The van der Waals surface area contributed by atoms with Gasteiger partial charge in [0.15, 0.2) is 0 Å². The van der Waals surface area contributed by atoms with Crippen molar-refractivity contribution < 1.29 is 0 Å². The summed E-state index contributed by atoms with van der Waals surface area (Å²) in [5.74, 6) is 2.44. The molecule has 1 nitrogen and oxygen atoms in total. The Bertz CT molecular complexity index is 547. The molecule has 3 aliphatic carbocycles. The molecule has 2 heteroatoms. The molecule has 4 atom stereocenters. The molecule has 0 amide bonds. The molecule has 1 N–H and O–H groups in total. The first-order chi connectivity index (χ1) is 10.4. The van der Waals surface area contributed by atoms with Gasteiger partial charge in [0.05, 0.1) is 0 Å². The Morgan fingerprint density at radius 3 is 2.22 bits per heavy atom. The molecule has 0 saturated heterocycles. The van der Waals surface area contributed by atoms with Crippen molar-refractivity contribution in [1.29, 1.82) is 0 Å². The summed E-state index contributed by atoms with van der Waals surface area (Å²) in [5.41, 5.74) is 4.95. The van der Waals surface area contributed by atoms with Crippen molar-refractivity contribution in [3.05, 3.63) is 23.3 Å². The highest BCUT2D eigenvalue weighted by Gasteiger charge is 2.50. The second kappa shape index (κ2) is 5.33. The fourth-order valence-corrected chi connectivity index (χ4v) is 11.1.